The van der Waals surface area contributed by atoms with Crippen molar-refractivity contribution in [2.75, 3.05) is 13.7 Å². The van der Waals surface area contributed by atoms with Gasteiger partial charge in [0.1, 0.15) is 6.61 Å². The minimum absolute atomic E-state index is 0.214. The predicted molar refractivity (Wildman–Crippen MR) is 69.6 cm³/mol. The number of carbonyl (C=O) groups excluding carboxylic acids is 2. The van der Waals surface area contributed by atoms with Gasteiger partial charge in [0.25, 0.3) is 0 Å². The van der Waals surface area contributed by atoms with Gasteiger partial charge in [0.15, 0.2) is 0 Å². The zero-order chi connectivity index (χ0) is 14.1. The van der Waals surface area contributed by atoms with Gasteiger partial charge in [-0.15, -0.1) is 0 Å². The quantitative estimate of drug-likeness (QED) is 0.849. The highest BCUT2D eigenvalue weighted by Crippen LogP contribution is 2.00. The van der Waals surface area contributed by atoms with Crippen LogP contribution in [0.5, 0.6) is 0 Å². The van der Waals surface area contributed by atoms with E-state index < -0.39 is 12.2 Å². The molecule has 6 nitrogen and oxygen atoms in total. The number of hydrogen-bond acceptors (Lipinski definition) is 4. The van der Waals surface area contributed by atoms with Crippen LogP contribution in [0, 0.1) is 0 Å². The van der Waals surface area contributed by atoms with Crippen molar-refractivity contribution >= 4 is 12.2 Å². The fourth-order valence-corrected chi connectivity index (χ4v) is 1.32. The Morgan fingerprint density at radius 3 is 2.53 bits per heavy atom. The molecule has 1 aromatic rings. The summed E-state index contributed by atoms with van der Waals surface area (Å²) in [5, 5.41) is 5.08. The Hall–Kier alpha value is -2.24. The van der Waals surface area contributed by atoms with Gasteiger partial charge < -0.3 is 20.1 Å². The number of rotatable bonds is 5. The average Bonchev–Trinajstić information content (AvgIpc) is 2.43. The molecule has 2 N–H and O–H groups in total. The number of methoxy groups -OCH3 is 1. The van der Waals surface area contributed by atoms with Crippen LogP contribution >= 0.6 is 0 Å². The zero-order valence-corrected chi connectivity index (χ0v) is 11.0. The summed E-state index contributed by atoms with van der Waals surface area (Å²) in [4.78, 5) is 22.3. The van der Waals surface area contributed by atoms with E-state index in [0.717, 1.165) is 5.56 Å². The second-order valence-corrected chi connectivity index (χ2v) is 3.98. The Labute approximate surface area is 112 Å². The Balaban J connectivity index is 2.19. The largest absolute Gasteiger partial charge is 0.453 e. The van der Waals surface area contributed by atoms with Crippen LogP contribution < -0.4 is 10.6 Å². The molecule has 0 fully saturated rings. The maximum Gasteiger partial charge on any atom is 0.407 e. The van der Waals surface area contributed by atoms with Gasteiger partial charge in [-0.3, -0.25) is 0 Å². The van der Waals surface area contributed by atoms with Crippen molar-refractivity contribution in [2.24, 2.45) is 0 Å². The Morgan fingerprint density at radius 2 is 1.89 bits per heavy atom. The molecule has 0 aliphatic heterocycles. The number of amides is 2. The number of hydrogen-bond donors (Lipinski definition) is 2. The normalized spacial score (nSPS) is 11.3. The molecule has 2 amide bonds. The molecule has 0 aromatic heterocycles. The number of alkyl carbamates (subject to hydrolysis) is 2. The summed E-state index contributed by atoms with van der Waals surface area (Å²) < 4.78 is 9.45. The predicted octanol–water partition coefficient (Wildman–Crippen LogP) is 1.66. The van der Waals surface area contributed by atoms with Gasteiger partial charge in [0.05, 0.1) is 7.11 Å². The van der Waals surface area contributed by atoms with Crippen LogP contribution in [0.4, 0.5) is 9.59 Å². The van der Waals surface area contributed by atoms with Crippen LogP contribution in [0.2, 0.25) is 0 Å². The van der Waals surface area contributed by atoms with E-state index in [1.54, 1.807) is 6.92 Å². The summed E-state index contributed by atoms with van der Waals surface area (Å²) in [7, 11) is 1.28. The van der Waals surface area contributed by atoms with Crippen molar-refractivity contribution < 1.29 is 19.1 Å². The third kappa shape index (κ3) is 6.30. The summed E-state index contributed by atoms with van der Waals surface area (Å²) in [5.74, 6) is 0. The molecule has 0 heterocycles. The van der Waals surface area contributed by atoms with Crippen LogP contribution in [0.25, 0.3) is 0 Å². The van der Waals surface area contributed by atoms with Crippen molar-refractivity contribution in [2.45, 2.75) is 19.6 Å². The smallest absolute Gasteiger partial charge is 0.407 e. The molecule has 0 unspecified atom stereocenters. The maximum atomic E-state index is 11.4. The summed E-state index contributed by atoms with van der Waals surface area (Å²) in [6.07, 6.45) is -1.06. The summed E-state index contributed by atoms with van der Waals surface area (Å²) in [5.41, 5.74) is 0.915. The molecule has 0 aliphatic rings. The average molecular weight is 266 g/mol. The maximum absolute atomic E-state index is 11.4. The van der Waals surface area contributed by atoms with E-state index in [4.69, 9.17) is 4.74 Å². The lowest BCUT2D eigenvalue weighted by Gasteiger charge is -2.13. The Bertz CT molecular complexity index is 408. The molecule has 0 radical (unpaired) electrons. The topological polar surface area (TPSA) is 76.7 Å². The molecule has 1 rings (SSSR count). The molecule has 0 spiro atoms. The first-order valence-electron chi connectivity index (χ1n) is 5.91. The minimum Gasteiger partial charge on any atom is -0.453 e. The number of benzene rings is 1. The van der Waals surface area contributed by atoms with Crippen LogP contribution in [-0.4, -0.2) is 31.9 Å². The highest BCUT2D eigenvalue weighted by Gasteiger charge is 2.09. The standard InChI is InChI=1S/C13H18N2O4/c1-10(15-13(17)18-2)8-14-12(16)19-9-11-6-4-3-5-7-11/h3-7,10H,8-9H2,1-2H3,(H,14,16)(H,15,17)/t10-/m0/s1. The minimum atomic E-state index is -0.535. The van der Waals surface area contributed by atoms with E-state index >= 15 is 0 Å². The van der Waals surface area contributed by atoms with Gasteiger partial charge >= 0.3 is 12.2 Å². The number of ether oxygens (including phenoxy) is 2. The van der Waals surface area contributed by atoms with Gasteiger partial charge in [0, 0.05) is 12.6 Å². The van der Waals surface area contributed by atoms with E-state index in [9.17, 15) is 9.59 Å². The van der Waals surface area contributed by atoms with Gasteiger partial charge in [-0.2, -0.15) is 0 Å². The van der Waals surface area contributed by atoms with E-state index in [1.807, 2.05) is 30.3 Å². The summed E-state index contributed by atoms with van der Waals surface area (Å²) >= 11 is 0. The Morgan fingerprint density at radius 1 is 1.21 bits per heavy atom. The summed E-state index contributed by atoms with van der Waals surface area (Å²) in [6.45, 7) is 2.22. The van der Waals surface area contributed by atoms with Gasteiger partial charge in [0.2, 0.25) is 0 Å². The molecule has 1 atom stereocenters. The Kier molecular flexibility index (Phi) is 6.21. The molecule has 6 heteroatoms. The number of nitrogens with one attached hydrogen (secondary N) is 2. The first-order valence-corrected chi connectivity index (χ1v) is 5.91. The molecule has 1 aromatic carbocycles. The van der Waals surface area contributed by atoms with Crippen LogP contribution in [0.15, 0.2) is 30.3 Å². The lowest BCUT2D eigenvalue weighted by Crippen LogP contribution is -2.41. The number of carbonyl (C=O) groups is 2. The van der Waals surface area contributed by atoms with Gasteiger partial charge in [-0.05, 0) is 12.5 Å². The van der Waals surface area contributed by atoms with Crippen molar-refractivity contribution in [1.82, 2.24) is 10.6 Å². The third-order valence-corrected chi connectivity index (χ3v) is 2.31. The van der Waals surface area contributed by atoms with Crippen molar-refractivity contribution in [3.63, 3.8) is 0 Å². The second kappa shape index (κ2) is 7.97. The SMILES string of the molecule is COC(=O)N[C@@H](C)CNC(=O)OCc1ccccc1. The van der Waals surface area contributed by atoms with Gasteiger partial charge in [-0.25, -0.2) is 9.59 Å². The molecule has 0 saturated carbocycles. The van der Waals surface area contributed by atoms with Crippen LogP contribution in [-0.2, 0) is 16.1 Å². The van der Waals surface area contributed by atoms with E-state index in [0.29, 0.717) is 0 Å². The lowest BCUT2D eigenvalue weighted by molar-refractivity contribution is 0.137. The molecule has 0 aliphatic carbocycles. The molecule has 104 valence electrons. The van der Waals surface area contributed by atoms with Crippen molar-refractivity contribution in [3.8, 4) is 0 Å². The highest BCUT2D eigenvalue weighted by atomic mass is 16.5. The second-order valence-electron chi connectivity index (χ2n) is 3.98. The van der Waals surface area contributed by atoms with Crippen LogP contribution in [0.1, 0.15) is 12.5 Å². The van der Waals surface area contributed by atoms with E-state index in [-0.39, 0.29) is 19.2 Å². The molecule has 0 saturated heterocycles. The third-order valence-electron chi connectivity index (χ3n) is 2.31. The molecule has 0 bridgehead atoms. The van der Waals surface area contributed by atoms with E-state index in [2.05, 4.69) is 15.4 Å². The summed E-state index contributed by atoms with van der Waals surface area (Å²) in [6, 6.07) is 9.14. The van der Waals surface area contributed by atoms with E-state index in [1.165, 1.54) is 7.11 Å². The van der Waals surface area contributed by atoms with Crippen molar-refractivity contribution in [3.05, 3.63) is 35.9 Å². The fourth-order valence-electron chi connectivity index (χ4n) is 1.32. The van der Waals surface area contributed by atoms with Crippen molar-refractivity contribution in [1.29, 1.82) is 0 Å². The molecular weight excluding hydrogens is 248 g/mol. The first-order chi connectivity index (χ1) is 9.11. The van der Waals surface area contributed by atoms with Gasteiger partial charge in [-0.1, -0.05) is 30.3 Å². The zero-order valence-electron chi connectivity index (χ0n) is 11.0. The molecule has 19 heavy (non-hydrogen) atoms. The lowest BCUT2D eigenvalue weighted by atomic mass is 10.2. The highest BCUT2D eigenvalue weighted by molar-refractivity contribution is 5.68. The monoisotopic (exact) mass is 266 g/mol. The fraction of sp³-hybridized carbons (Fsp3) is 0.385. The molecular formula is C13H18N2O4. The van der Waals surface area contributed by atoms with Crippen LogP contribution in [0.3, 0.4) is 0 Å². The first kappa shape index (κ1) is 14.8.